The molecule has 0 spiro atoms. The van der Waals surface area contributed by atoms with Crippen LogP contribution < -0.4 is 15.4 Å². The van der Waals surface area contributed by atoms with Gasteiger partial charge in [0.15, 0.2) is 0 Å². The number of imide groups is 1. The van der Waals surface area contributed by atoms with Gasteiger partial charge in [-0.2, -0.15) is 0 Å². The van der Waals surface area contributed by atoms with E-state index < -0.39 is 41.7 Å². The Balaban J connectivity index is 1.67. The molecular formula is C27H25FIN3O4. The molecule has 4 amide bonds. The molecule has 9 heteroatoms. The molecule has 1 aliphatic heterocycles. The van der Waals surface area contributed by atoms with Crippen LogP contribution in [0.25, 0.3) is 0 Å². The van der Waals surface area contributed by atoms with Crippen LogP contribution >= 0.6 is 22.6 Å². The summed E-state index contributed by atoms with van der Waals surface area (Å²) >= 11 is 1.97. The zero-order chi connectivity index (χ0) is 25.8. The van der Waals surface area contributed by atoms with E-state index in [1.54, 1.807) is 37.3 Å². The largest absolute Gasteiger partial charge is 0.494 e. The summed E-state index contributed by atoms with van der Waals surface area (Å²) in [6.07, 6.45) is 0. The Morgan fingerprint density at radius 1 is 1.11 bits per heavy atom. The predicted octanol–water partition coefficient (Wildman–Crippen LogP) is 5.23. The minimum atomic E-state index is -1.22. The highest BCUT2D eigenvalue weighted by atomic mass is 127. The molecule has 2 N–H and O–H groups in total. The number of nitrogens with zero attached hydrogens (tertiary/aromatic N) is 1. The lowest BCUT2D eigenvalue weighted by Gasteiger charge is -2.30. The number of carbonyl (C=O) groups is 3. The number of carbonyl (C=O) groups excluding carboxylic acids is 3. The van der Waals surface area contributed by atoms with E-state index in [4.69, 9.17) is 4.74 Å². The second-order valence-corrected chi connectivity index (χ2v) is 9.60. The van der Waals surface area contributed by atoms with Crippen LogP contribution in [0.2, 0.25) is 0 Å². The lowest BCUT2D eigenvalue weighted by atomic mass is 9.91. The van der Waals surface area contributed by atoms with Gasteiger partial charge in [0.2, 0.25) is 5.91 Å². The fraction of sp³-hybridized carbons (Fsp3) is 0.222. The van der Waals surface area contributed by atoms with Crippen molar-refractivity contribution in [2.45, 2.75) is 31.8 Å². The smallest absolute Gasteiger partial charge is 0.325 e. The summed E-state index contributed by atoms with van der Waals surface area (Å²) in [6, 6.07) is 17.5. The quantitative estimate of drug-likeness (QED) is 0.274. The summed E-state index contributed by atoms with van der Waals surface area (Å²) in [5.74, 6) is -1.75. The topological polar surface area (TPSA) is 87.7 Å². The molecule has 1 unspecified atom stereocenters. The molecule has 1 fully saturated rings. The minimum absolute atomic E-state index is 0.0270. The maximum atomic E-state index is 14.5. The molecule has 36 heavy (non-hydrogen) atoms. The average molecular weight is 601 g/mol. The van der Waals surface area contributed by atoms with Crippen LogP contribution in [0.5, 0.6) is 5.75 Å². The van der Waals surface area contributed by atoms with Gasteiger partial charge in [0, 0.05) is 9.49 Å². The zero-order valence-corrected chi connectivity index (χ0v) is 21.9. The van der Waals surface area contributed by atoms with Crippen molar-refractivity contribution in [3.05, 3.63) is 93.3 Å². The number of halogens is 2. The zero-order valence-electron chi connectivity index (χ0n) is 19.7. The van der Waals surface area contributed by atoms with Gasteiger partial charge < -0.3 is 15.4 Å². The normalized spacial score (nSPS) is 16.9. The number of hydrogen-bond acceptors (Lipinski definition) is 4. The van der Waals surface area contributed by atoms with Crippen LogP contribution in [0.4, 0.5) is 14.9 Å². The van der Waals surface area contributed by atoms with Gasteiger partial charge in [-0.15, -0.1) is 0 Å². The fourth-order valence-electron chi connectivity index (χ4n) is 4.21. The number of ether oxygens (including phenoxy) is 1. The van der Waals surface area contributed by atoms with Crippen molar-refractivity contribution in [1.29, 1.82) is 0 Å². The van der Waals surface area contributed by atoms with E-state index >= 15 is 0 Å². The Morgan fingerprint density at radius 2 is 1.81 bits per heavy atom. The minimum Gasteiger partial charge on any atom is -0.494 e. The number of anilines is 1. The van der Waals surface area contributed by atoms with Gasteiger partial charge in [-0.25, -0.2) is 14.1 Å². The van der Waals surface area contributed by atoms with E-state index in [9.17, 15) is 18.8 Å². The van der Waals surface area contributed by atoms with Gasteiger partial charge in [-0.3, -0.25) is 9.59 Å². The Bertz CT molecular complexity index is 1270. The number of benzene rings is 3. The van der Waals surface area contributed by atoms with Crippen molar-refractivity contribution in [2.75, 3.05) is 11.9 Å². The summed E-state index contributed by atoms with van der Waals surface area (Å²) in [6.45, 7) is 4.13. The SMILES string of the molecule is CCOc1ccc(C2NC(=O)N([C@H](C(=O)Nc3ccc(I)cc3F)[C@@H](C)c3ccccc3)C2=O)cc1. The van der Waals surface area contributed by atoms with Crippen molar-refractivity contribution in [1.82, 2.24) is 10.2 Å². The van der Waals surface area contributed by atoms with E-state index in [1.165, 1.54) is 12.1 Å². The number of amides is 4. The number of hydrogen-bond donors (Lipinski definition) is 2. The molecule has 0 aliphatic carbocycles. The molecule has 3 atom stereocenters. The lowest BCUT2D eigenvalue weighted by molar-refractivity contribution is -0.134. The summed E-state index contributed by atoms with van der Waals surface area (Å²) < 4.78 is 20.6. The second kappa shape index (κ2) is 11.1. The van der Waals surface area contributed by atoms with Crippen molar-refractivity contribution >= 4 is 46.1 Å². The molecule has 0 aromatic heterocycles. The molecule has 3 aromatic carbocycles. The third-order valence-electron chi connectivity index (χ3n) is 6.03. The van der Waals surface area contributed by atoms with Crippen LogP contribution in [0.1, 0.15) is 36.9 Å². The van der Waals surface area contributed by atoms with Crippen molar-refractivity contribution in [2.24, 2.45) is 0 Å². The molecular weight excluding hydrogens is 576 g/mol. The summed E-state index contributed by atoms with van der Waals surface area (Å²) in [4.78, 5) is 41.1. The molecule has 0 radical (unpaired) electrons. The Labute approximate surface area is 222 Å². The van der Waals surface area contributed by atoms with Crippen molar-refractivity contribution < 1.29 is 23.5 Å². The van der Waals surface area contributed by atoms with Gasteiger partial charge in [0.25, 0.3) is 5.91 Å². The van der Waals surface area contributed by atoms with Gasteiger partial charge >= 0.3 is 6.03 Å². The van der Waals surface area contributed by atoms with Crippen LogP contribution in [-0.4, -0.2) is 35.4 Å². The third-order valence-corrected chi connectivity index (χ3v) is 6.70. The van der Waals surface area contributed by atoms with Crippen molar-refractivity contribution in [3.8, 4) is 5.75 Å². The molecule has 7 nitrogen and oxygen atoms in total. The van der Waals surface area contributed by atoms with E-state index in [1.807, 2.05) is 59.8 Å². The van der Waals surface area contributed by atoms with Gasteiger partial charge in [0.1, 0.15) is 23.7 Å². The van der Waals surface area contributed by atoms with E-state index in [0.717, 1.165) is 10.5 Å². The summed E-state index contributed by atoms with van der Waals surface area (Å²) in [5, 5.41) is 5.26. The standard InChI is InChI=1S/C27H25FIN3O4/c1-3-36-20-12-9-18(10-13-20)23-26(34)32(27(35)31-23)24(16(2)17-7-5-4-6-8-17)25(33)30-22-14-11-19(29)15-21(22)28/h4-16,23-24H,3H2,1-2H3,(H,30,33)(H,31,35)/t16-,23?,24-/m0/s1. The fourth-order valence-corrected chi connectivity index (χ4v) is 4.66. The maximum Gasteiger partial charge on any atom is 0.325 e. The van der Waals surface area contributed by atoms with Crippen molar-refractivity contribution in [3.63, 3.8) is 0 Å². The van der Waals surface area contributed by atoms with E-state index in [2.05, 4.69) is 10.6 Å². The molecule has 186 valence electrons. The average Bonchev–Trinajstić information content (AvgIpc) is 3.16. The monoisotopic (exact) mass is 601 g/mol. The number of nitrogens with one attached hydrogen (secondary N) is 2. The molecule has 0 saturated carbocycles. The van der Waals surface area contributed by atoms with Crippen LogP contribution in [0, 0.1) is 9.39 Å². The predicted molar refractivity (Wildman–Crippen MR) is 142 cm³/mol. The highest BCUT2D eigenvalue weighted by Gasteiger charge is 2.47. The summed E-state index contributed by atoms with van der Waals surface area (Å²) in [7, 11) is 0. The van der Waals surface area contributed by atoms with Gasteiger partial charge in [-0.1, -0.05) is 49.4 Å². The first kappa shape index (κ1) is 25.6. The first-order valence-electron chi connectivity index (χ1n) is 11.5. The molecule has 3 aromatic rings. The molecule has 0 bridgehead atoms. The number of urea groups is 1. The third kappa shape index (κ3) is 5.35. The van der Waals surface area contributed by atoms with Crippen LogP contribution in [0.15, 0.2) is 72.8 Å². The Kier molecular flexibility index (Phi) is 7.88. The van der Waals surface area contributed by atoms with Gasteiger partial charge in [0.05, 0.1) is 12.3 Å². The first-order chi connectivity index (χ1) is 17.3. The highest BCUT2D eigenvalue weighted by Crippen LogP contribution is 2.32. The Morgan fingerprint density at radius 3 is 2.44 bits per heavy atom. The lowest BCUT2D eigenvalue weighted by Crippen LogP contribution is -2.50. The van der Waals surface area contributed by atoms with E-state index in [0.29, 0.717) is 21.5 Å². The molecule has 1 saturated heterocycles. The van der Waals surface area contributed by atoms with E-state index in [-0.39, 0.29) is 5.69 Å². The highest BCUT2D eigenvalue weighted by molar-refractivity contribution is 14.1. The molecule has 1 heterocycles. The van der Waals surface area contributed by atoms with Crippen LogP contribution in [0.3, 0.4) is 0 Å². The number of rotatable bonds is 8. The Hall–Kier alpha value is -3.47. The van der Waals surface area contributed by atoms with Crippen LogP contribution in [-0.2, 0) is 9.59 Å². The maximum absolute atomic E-state index is 14.5. The molecule has 1 aliphatic rings. The first-order valence-corrected chi connectivity index (χ1v) is 12.5. The van der Waals surface area contributed by atoms with Gasteiger partial charge in [-0.05, 0) is 71.0 Å². The molecule has 4 rings (SSSR count). The summed E-state index contributed by atoms with van der Waals surface area (Å²) in [5.41, 5.74) is 1.29. The second-order valence-electron chi connectivity index (χ2n) is 8.35.